The first-order valence-electron chi connectivity index (χ1n) is 8.87. The van der Waals surface area contributed by atoms with Gasteiger partial charge in [-0.3, -0.25) is 9.89 Å². The summed E-state index contributed by atoms with van der Waals surface area (Å²) < 4.78 is 77.9. The molecule has 2 aliphatic rings. The van der Waals surface area contributed by atoms with E-state index in [1.54, 1.807) is 0 Å². The Labute approximate surface area is 163 Å². The van der Waals surface area contributed by atoms with Crippen LogP contribution in [0.4, 0.5) is 22.0 Å². The maximum atomic E-state index is 12.7. The van der Waals surface area contributed by atoms with Crippen LogP contribution in [-0.2, 0) is 6.54 Å². The van der Waals surface area contributed by atoms with Gasteiger partial charge in [0.05, 0.1) is 6.54 Å². The number of nitrogens with zero attached hydrogens (tertiary/aromatic N) is 2. The number of hydrogen-bond acceptors (Lipinski definition) is 5. The first kappa shape index (κ1) is 21.2. The number of hydrogen-bond donors (Lipinski definition) is 2. The lowest BCUT2D eigenvalue weighted by Crippen LogP contribution is -2.45. The van der Waals surface area contributed by atoms with Gasteiger partial charge in [-0.05, 0) is 12.5 Å². The van der Waals surface area contributed by atoms with Crippen LogP contribution in [0.2, 0.25) is 0 Å². The van der Waals surface area contributed by atoms with Crippen molar-refractivity contribution in [2.45, 2.75) is 31.8 Å². The van der Waals surface area contributed by atoms with Crippen molar-refractivity contribution in [3.05, 3.63) is 17.7 Å². The average molecular weight is 424 g/mol. The minimum atomic E-state index is -4.24. The molecule has 2 aliphatic heterocycles. The summed E-state index contributed by atoms with van der Waals surface area (Å²) in [4.78, 5) is 5.35. The highest BCUT2D eigenvalue weighted by Crippen LogP contribution is 2.38. The lowest BCUT2D eigenvalue weighted by Gasteiger charge is -2.20. The summed E-state index contributed by atoms with van der Waals surface area (Å²) in [6.07, 6.45) is -3.71. The van der Waals surface area contributed by atoms with Gasteiger partial charge in [-0.1, -0.05) is 0 Å². The Balaban J connectivity index is 1.58. The monoisotopic (exact) mass is 424 g/mol. The Morgan fingerprint density at radius 1 is 1.31 bits per heavy atom. The van der Waals surface area contributed by atoms with Crippen molar-refractivity contribution in [3.63, 3.8) is 0 Å². The molecule has 1 saturated heterocycles. The zero-order chi connectivity index (χ0) is 21.0. The SMILES string of the molecule is CN=C(NCc1cc2c(cc1OC(F)F)OCO2)NC1CCN(CC(F)(F)F)C1. The molecular formula is C17H21F5N4O3. The normalized spacial score (nSPS) is 19.7. The van der Waals surface area contributed by atoms with E-state index in [2.05, 4.69) is 20.4 Å². The molecule has 1 unspecified atom stereocenters. The first-order chi connectivity index (χ1) is 13.7. The predicted octanol–water partition coefficient (Wildman–Crippen LogP) is 2.32. The standard InChI is InChI=1S/C17H21F5N4O3/c1-23-16(25-11-2-3-26(7-11)8-17(20,21)22)24-6-10-4-13-14(28-9-27-13)5-12(10)29-15(18)19/h4-5,11,15H,2-3,6-9H2,1H3,(H2,23,24,25). The third-order valence-corrected chi connectivity index (χ3v) is 4.46. The molecule has 0 radical (unpaired) electrons. The van der Waals surface area contributed by atoms with Gasteiger partial charge in [-0.15, -0.1) is 0 Å². The van der Waals surface area contributed by atoms with Gasteiger partial charge in [0.15, 0.2) is 17.5 Å². The van der Waals surface area contributed by atoms with E-state index in [-0.39, 0.29) is 31.7 Å². The molecule has 1 fully saturated rings. The highest BCUT2D eigenvalue weighted by Gasteiger charge is 2.34. The Morgan fingerprint density at radius 2 is 2.03 bits per heavy atom. The maximum absolute atomic E-state index is 12.7. The molecule has 2 heterocycles. The molecule has 1 aromatic rings. The summed E-state index contributed by atoms with van der Waals surface area (Å²) in [5, 5.41) is 6.01. The Hall–Kier alpha value is -2.50. The maximum Gasteiger partial charge on any atom is 0.401 e. The third kappa shape index (κ3) is 5.99. The zero-order valence-electron chi connectivity index (χ0n) is 15.6. The number of halogens is 5. The second-order valence-electron chi connectivity index (χ2n) is 6.60. The topological polar surface area (TPSA) is 67.4 Å². The van der Waals surface area contributed by atoms with Crippen molar-refractivity contribution in [3.8, 4) is 17.2 Å². The first-order valence-corrected chi connectivity index (χ1v) is 8.87. The van der Waals surface area contributed by atoms with Crippen LogP contribution in [0.15, 0.2) is 17.1 Å². The molecule has 0 amide bonds. The fraction of sp³-hybridized carbons (Fsp3) is 0.588. The Bertz CT molecular complexity index is 745. The van der Waals surface area contributed by atoms with Crippen LogP contribution < -0.4 is 24.8 Å². The van der Waals surface area contributed by atoms with Crippen molar-refractivity contribution in [2.24, 2.45) is 4.99 Å². The lowest BCUT2D eigenvalue weighted by molar-refractivity contribution is -0.143. The molecule has 0 spiro atoms. The average Bonchev–Trinajstić information content (AvgIpc) is 3.25. The highest BCUT2D eigenvalue weighted by atomic mass is 19.4. The summed E-state index contributed by atoms with van der Waals surface area (Å²) in [5.41, 5.74) is 0.391. The molecule has 0 aliphatic carbocycles. The van der Waals surface area contributed by atoms with Gasteiger partial charge in [0.25, 0.3) is 0 Å². The van der Waals surface area contributed by atoms with Crippen LogP contribution in [-0.4, -0.2) is 63.2 Å². The minimum Gasteiger partial charge on any atom is -0.454 e. The Kier molecular flexibility index (Phi) is 6.50. The molecule has 3 rings (SSSR count). The largest absolute Gasteiger partial charge is 0.454 e. The van der Waals surface area contributed by atoms with Crippen molar-refractivity contribution < 1.29 is 36.2 Å². The second-order valence-corrected chi connectivity index (χ2v) is 6.60. The summed E-state index contributed by atoms with van der Waals surface area (Å²) in [6.45, 7) is -3.35. The second kappa shape index (κ2) is 8.89. The van der Waals surface area contributed by atoms with Crippen LogP contribution >= 0.6 is 0 Å². The van der Waals surface area contributed by atoms with Gasteiger partial charge in [-0.2, -0.15) is 22.0 Å². The quantitative estimate of drug-likeness (QED) is 0.415. The molecule has 162 valence electrons. The van der Waals surface area contributed by atoms with E-state index in [9.17, 15) is 22.0 Å². The number of guanidine groups is 1. The number of fused-ring (bicyclic) bond motifs is 1. The summed E-state index contributed by atoms with van der Waals surface area (Å²) >= 11 is 0. The van der Waals surface area contributed by atoms with Crippen LogP contribution in [0, 0.1) is 0 Å². The summed E-state index contributed by atoms with van der Waals surface area (Å²) in [6, 6.07) is 2.64. The van der Waals surface area contributed by atoms with E-state index in [0.717, 1.165) is 0 Å². The van der Waals surface area contributed by atoms with Crippen molar-refractivity contribution in [1.82, 2.24) is 15.5 Å². The van der Waals surface area contributed by atoms with E-state index >= 15 is 0 Å². The molecule has 0 bridgehead atoms. The molecule has 12 heteroatoms. The number of alkyl halides is 5. The smallest absolute Gasteiger partial charge is 0.401 e. The predicted molar refractivity (Wildman–Crippen MR) is 93.4 cm³/mol. The van der Waals surface area contributed by atoms with E-state index in [0.29, 0.717) is 36.0 Å². The van der Waals surface area contributed by atoms with Crippen molar-refractivity contribution in [2.75, 3.05) is 33.5 Å². The molecule has 29 heavy (non-hydrogen) atoms. The number of nitrogens with one attached hydrogen (secondary N) is 2. The van der Waals surface area contributed by atoms with Crippen molar-refractivity contribution >= 4 is 5.96 Å². The molecule has 1 aromatic carbocycles. The van der Waals surface area contributed by atoms with E-state index in [1.165, 1.54) is 24.1 Å². The van der Waals surface area contributed by atoms with Crippen LogP contribution in [0.1, 0.15) is 12.0 Å². The van der Waals surface area contributed by atoms with Gasteiger partial charge in [0.2, 0.25) is 6.79 Å². The highest BCUT2D eigenvalue weighted by molar-refractivity contribution is 5.80. The molecular weight excluding hydrogens is 403 g/mol. The number of likely N-dealkylation sites (tertiary alicyclic amines) is 1. The van der Waals surface area contributed by atoms with Crippen molar-refractivity contribution in [1.29, 1.82) is 0 Å². The number of aliphatic imine (C=N–C) groups is 1. The van der Waals surface area contributed by atoms with E-state index in [1.807, 2.05) is 0 Å². The Morgan fingerprint density at radius 3 is 2.69 bits per heavy atom. The number of benzene rings is 1. The van der Waals surface area contributed by atoms with Gasteiger partial charge >= 0.3 is 12.8 Å². The summed E-state index contributed by atoms with van der Waals surface area (Å²) in [7, 11) is 1.51. The third-order valence-electron chi connectivity index (χ3n) is 4.46. The molecule has 7 nitrogen and oxygen atoms in total. The molecule has 0 aromatic heterocycles. The van der Waals surface area contributed by atoms with Crippen LogP contribution in [0.3, 0.4) is 0 Å². The fourth-order valence-corrected chi connectivity index (χ4v) is 3.22. The lowest BCUT2D eigenvalue weighted by atomic mass is 10.1. The van der Waals surface area contributed by atoms with Gasteiger partial charge in [0.1, 0.15) is 5.75 Å². The molecule has 2 N–H and O–H groups in total. The summed E-state index contributed by atoms with van der Waals surface area (Å²) in [5.74, 6) is 0.988. The van der Waals surface area contributed by atoms with Gasteiger partial charge < -0.3 is 24.8 Å². The van der Waals surface area contributed by atoms with Gasteiger partial charge in [-0.25, -0.2) is 0 Å². The van der Waals surface area contributed by atoms with Crippen LogP contribution in [0.25, 0.3) is 0 Å². The fourth-order valence-electron chi connectivity index (χ4n) is 3.22. The van der Waals surface area contributed by atoms with E-state index in [4.69, 9.17) is 9.47 Å². The molecule has 0 saturated carbocycles. The van der Waals surface area contributed by atoms with Crippen LogP contribution in [0.5, 0.6) is 17.2 Å². The number of rotatable bonds is 6. The van der Waals surface area contributed by atoms with E-state index < -0.39 is 19.3 Å². The number of ether oxygens (including phenoxy) is 3. The van der Waals surface area contributed by atoms with Gasteiger partial charge in [0, 0.05) is 44.4 Å². The zero-order valence-corrected chi connectivity index (χ0v) is 15.6. The minimum absolute atomic E-state index is 0.0142. The molecule has 1 atom stereocenters.